The van der Waals surface area contributed by atoms with Gasteiger partial charge in [0.2, 0.25) is 0 Å². The molecule has 33 heavy (non-hydrogen) atoms. The number of piperidine rings is 1. The summed E-state index contributed by atoms with van der Waals surface area (Å²) in [6.07, 6.45) is 1.76. The number of nitrogens with zero attached hydrogens (tertiary/aromatic N) is 3. The lowest BCUT2D eigenvalue weighted by molar-refractivity contribution is 0.0491. The third-order valence-corrected chi connectivity index (χ3v) is 5.27. The van der Waals surface area contributed by atoms with E-state index >= 15 is 0 Å². The average molecular weight is 519 g/mol. The third kappa shape index (κ3) is 6.69. The molecule has 2 aromatic rings. The molecule has 0 unspecified atom stereocenters. The van der Waals surface area contributed by atoms with Crippen molar-refractivity contribution in [3.05, 3.63) is 53.2 Å². The van der Waals surface area contributed by atoms with Crippen molar-refractivity contribution in [1.82, 2.24) is 15.3 Å². The van der Waals surface area contributed by atoms with Crippen molar-refractivity contribution in [1.29, 1.82) is 0 Å². The Kier molecular flexibility index (Phi) is 7.61. The predicted octanol–water partition coefficient (Wildman–Crippen LogP) is 4.50. The first-order valence-electron chi connectivity index (χ1n) is 10.5. The van der Waals surface area contributed by atoms with Gasteiger partial charge in [0.15, 0.2) is 0 Å². The summed E-state index contributed by atoms with van der Waals surface area (Å²) >= 11 is 3.34. The van der Waals surface area contributed by atoms with E-state index in [1.54, 1.807) is 51.4 Å². The number of carbonyl (C=O) groups excluding carboxylic acids is 1. The van der Waals surface area contributed by atoms with Crippen LogP contribution in [0.15, 0.2) is 47.5 Å². The van der Waals surface area contributed by atoms with Crippen LogP contribution in [0.25, 0.3) is 5.70 Å². The quantitative estimate of drug-likeness (QED) is 0.395. The van der Waals surface area contributed by atoms with Crippen LogP contribution in [0.4, 0.5) is 26.2 Å². The fourth-order valence-corrected chi connectivity index (χ4v) is 3.85. The van der Waals surface area contributed by atoms with Crippen molar-refractivity contribution in [3.63, 3.8) is 0 Å². The summed E-state index contributed by atoms with van der Waals surface area (Å²) in [6.45, 7) is 9.67. The number of pyridine rings is 2. The Hall–Kier alpha value is -3.10. The second-order valence-corrected chi connectivity index (χ2v) is 9.54. The van der Waals surface area contributed by atoms with Crippen LogP contribution in [0.2, 0.25) is 0 Å². The van der Waals surface area contributed by atoms with E-state index in [2.05, 4.69) is 48.8 Å². The van der Waals surface area contributed by atoms with Crippen molar-refractivity contribution in [2.45, 2.75) is 45.0 Å². The van der Waals surface area contributed by atoms with Crippen molar-refractivity contribution >= 4 is 44.8 Å². The fourth-order valence-electron chi connectivity index (χ4n) is 3.54. The average Bonchev–Trinajstić information content (AvgIpc) is 2.72. The summed E-state index contributed by atoms with van der Waals surface area (Å²) in [5, 5.41) is 6.00. The number of nitrogens with two attached hydrogens (primary N) is 1. The lowest BCUT2D eigenvalue weighted by Gasteiger charge is -2.37. The first-order chi connectivity index (χ1) is 15.6. The Morgan fingerprint density at radius 1 is 1.36 bits per heavy atom. The molecule has 0 radical (unpaired) electrons. The van der Waals surface area contributed by atoms with Gasteiger partial charge < -0.3 is 26.0 Å². The second kappa shape index (κ2) is 10.2. The number of amides is 1. The zero-order valence-corrected chi connectivity index (χ0v) is 20.4. The van der Waals surface area contributed by atoms with E-state index < -0.39 is 23.9 Å². The number of nitrogens with one attached hydrogen (secondary N) is 2. The van der Waals surface area contributed by atoms with Gasteiger partial charge in [0.1, 0.15) is 27.8 Å². The van der Waals surface area contributed by atoms with E-state index in [0.29, 0.717) is 39.6 Å². The summed E-state index contributed by atoms with van der Waals surface area (Å²) < 4.78 is 20.6. The molecule has 1 amide bonds. The molecule has 2 atom stereocenters. The van der Waals surface area contributed by atoms with Gasteiger partial charge in [-0.05, 0) is 54.9 Å². The van der Waals surface area contributed by atoms with Crippen LogP contribution >= 0.6 is 15.9 Å². The lowest BCUT2D eigenvalue weighted by Crippen LogP contribution is -2.52. The normalized spacial score (nSPS) is 18.3. The maximum Gasteiger partial charge on any atom is 0.407 e. The molecule has 8 nitrogen and oxygen atoms in total. The zero-order chi connectivity index (χ0) is 24.2. The molecule has 0 bridgehead atoms. The Morgan fingerprint density at radius 3 is 2.82 bits per heavy atom. The standard InChI is InChI=1S/C23H28BrFN6O2/c1-5-17(21-16(26)6-7-20(24)30-21)29-18-11-27-9-8-19(18)31-12-14(25)10-15(13-31)28-22(32)33-23(2,3)4/h6-9,11,14-15,29H,1,10,12-13,26H2,2-4H3,(H,28,32)/t14-,15+/m1/s1. The SMILES string of the molecule is C=C=C(Nc1cnccc1N1C[C@H](F)C[C@H](NC(=O)OC(C)(C)C)C1)c1nc(Br)ccc1N. The summed E-state index contributed by atoms with van der Waals surface area (Å²) in [4.78, 5) is 22.7. The molecule has 1 aliphatic rings. The highest BCUT2D eigenvalue weighted by Crippen LogP contribution is 2.31. The lowest BCUT2D eigenvalue weighted by atomic mass is 10.0. The molecular weight excluding hydrogens is 491 g/mol. The smallest absolute Gasteiger partial charge is 0.407 e. The van der Waals surface area contributed by atoms with Crippen LogP contribution in [0.3, 0.4) is 0 Å². The molecule has 1 fully saturated rings. The van der Waals surface area contributed by atoms with Gasteiger partial charge in [0.05, 0.1) is 29.3 Å². The van der Waals surface area contributed by atoms with Gasteiger partial charge in [-0.15, -0.1) is 5.73 Å². The fraction of sp³-hybridized carbons (Fsp3) is 0.391. The largest absolute Gasteiger partial charge is 0.444 e. The van der Waals surface area contributed by atoms with E-state index in [1.807, 2.05) is 4.90 Å². The van der Waals surface area contributed by atoms with Gasteiger partial charge in [-0.3, -0.25) is 4.98 Å². The summed E-state index contributed by atoms with van der Waals surface area (Å²) in [7, 11) is 0. The highest BCUT2D eigenvalue weighted by Gasteiger charge is 2.31. The van der Waals surface area contributed by atoms with Crippen molar-refractivity contribution in [3.8, 4) is 0 Å². The minimum absolute atomic E-state index is 0.176. The second-order valence-electron chi connectivity index (χ2n) is 8.72. The number of alkyl halides is 1. The number of hydrogen-bond acceptors (Lipinski definition) is 7. The van der Waals surface area contributed by atoms with Crippen molar-refractivity contribution in [2.24, 2.45) is 0 Å². The molecule has 0 saturated carbocycles. The topological polar surface area (TPSA) is 105 Å². The first-order valence-corrected chi connectivity index (χ1v) is 11.3. The molecule has 2 aromatic heterocycles. The number of rotatable bonds is 5. The Bertz CT molecular complexity index is 1070. The van der Waals surface area contributed by atoms with E-state index in [9.17, 15) is 9.18 Å². The number of anilines is 3. The number of halogens is 2. The Balaban J connectivity index is 1.82. The molecule has 1 saturated heterocycles. The number of hydrogen-bond donors (Lipinski definition) is 3. The monoisotopic (exact) mass is 518 g/mol. The van der Waals surface area contributed by atoms with Crippen LogP contribution in [-0.4, -0.2) is 47.0 Å². The maximum atomic E-state index is 14.7. The number of alkyl carbamates (subject to hydrolysis) is 1. The molecule has 1 aliphatic heterocycles. The summed E-state index contributed by atoms with van der Waals surface area (Å²) in [5.74, 6) is 0. The van der Waals surface area contributed by atoms with E-state index in [-0.39, 0.29) is 13.0 Å². The highest BCUT2D eigenvalue weighted by atomic mass is 79.9. The van der Waals surface area contributed by atoms with Gasteiger partial charge in [-0.25, -0.2) is 14.2 Å². The van der Waals surface area contributed by atoms with Crippen molar-refractivity contribution < 1.29 is 13.9 Å². The number of ether oxygens (including phenoxy) is 1. The molecule has 4 N–H and O–H groups in total. The third-order valence-electron chi connectivity index (χ3n) is 4.82. The van der Waals surface area contributed by atoms with Gasteiger partial charge in [0, 0.05) is 25.7 Å². The number of nitrogen functional groups attached to an aromatic ring is 1. The molecule has 176 valence electrons. The Morgan fingerprint density at radius 2 is 2.12 bits per heavy atom. The number of aromatic nitrogens is 2. The van der Waals surface area contributed by atoms with Gasteiger partial charge in [0.25, 0.3) is 0 Å². The molecule has 10 heteroatoms. The molecule has 0 aliphatic carbocycles. The highest BCUT2D eigenvalue weighted by molar-refractivity contribution is 9.10. The predicted molar refractivity (Wildman–Crippen MR) is 132 cm³/mol. The zero-order valence-electron chi connectivity index (χ0n) is 18.9. The van der Waals surface area contributed by atoms with E-state index in [4.69, 9.17) is 10.5 Å². The maximum absolute atomic E-state index is 14.7. The van der Waals surface area contributed by atoms with Crippen LogP contribution in [0.5, 0.6) is 0 Å². The molecule has 0 spiro atoms. The van der Waals surface area contributed by atoms with E-state index in [1.165, 1.54) is 0 Å². The van der Waals surface area contributed by atoms with Crippen LogP contribution in [0.1, 0.15) is 32.9 Å². The molecular formula is C23H28BrFN6O2. The van der Waals surface area contributed by atoms with Crippen LogP contribution in [-0.2, 0) is 4.74 Å². The Labute approximate surface area is 201 Å². The van der Waals surface area contributed by atoms with Gasteiger partial charge >= 0.3 is 6.09 Å². The van der Waals surface area contributed by atoms with E-state index in [0.717, 1.165) is 0 Å². The summed E-state index contributed by atoms with van der Waals surface area (Å²) in [6, 6.07) is 4.83. The number of carbonyl (C=O) groups is 1. The first kappa shape index (κ1) is 24.5. The molecule has 3 heterocycles. The van der Waals surface area contributed by atoms with Crippen molar-refractivity contribution in [2.75, 3.05) is 29.0 Å². The minimum Gasteiger partial charge on any atom is -0.444 e. The van der Waals surface area contributed by atoms with Gasteiger partial charge in [-0.1, -0.05) is 6.58 Å². The molecule has 0 aromatic carbocycles. The minimum atomic E-state index is -1.13. The molecule has 3 rings (SSSR count). The van der Waals surface area contributed by atoms with Crippen LogP contribution in [0, 0.1) is 0 Å². The summed E-state index contributed by atoms with van der Waals surface area (Å²) in [5.41, 5.74) is 11.0. The van der Waals surface area contributed by atoms with Crippen LogP contribution < -0.4 is 21.3 Å². The van der Waals surface area contributed by atoms with Gasteiger partial charge in [-0.2, -0.15) is 0 Å².